The van der Waals surface area contributed by atoms with Gasteiger partial charge in [0.05, 0.1) is 18.1 Å². The molecule has 1 N–H and O–H groups in total. The van der Waals surface area contributed by atoms with Gasteiger partial charge < -0.3 is 14.7 Å². The number of nitrogens with zero attached hydrogens (tertiary/aromatic N) is 1. The van der Waals surface area contributed by atoms with Crippen molar-refractivity contribution in [2.75, 3.05) is 4.90 Å². The third-order valence-electron chi connectivity index (χ3n) is 5.18. The van der Waals surface area contributed by atoms with E-state index in [0.717, 1.165) is 0 Å². The summed E-state index contributed by atoms with van der Waals surface area (Å²) in [6.07, 6.45) is 5.30. The van der Waals surface area contributed by atoms with E-state index in [2.05, 4.69) is 6.58 Å². The lowest BCUT2D eigenvalue weighted by atomic mass is 9.74. The number of fused-ring (bicyclic) bond motifs is 1. The van der Waals surface area contributed by atoms with Crippen LogP contribution in [0.3, 0.4) is 0 Å². The second-order valence-electron chi connectivity index (χ2n) is 6.37. The molecule has 3 aliphatic heterocycles. The minimum atomic E-state index is -1.00. The van der Waals surface area contributed by atoms with Gasteiger partial charge in [-0.2, -0.15) is 0 Å². The number of benzene rings is 1. The predicted octanol–water partition coefficient (Wildman–Crippen LogP) is 2.66. The first-order valence-corrected chi connectivity index (χ1v) is 8.17. The quantitative estimate of drug-likeness (QED) is 0.852. The molecule has 0 unspecified atom stereocenters. The summed E-state index contributed by atoms with van der Waals surface area (Å²) in [5, 5.41) is 10.1. The molecule has 1 aromatic rings. The third-order valence-corrected chi connectivity index (χ3v) is 5.42. The van der Waals surface area contributed by atoms with Crippen LogP contribution in [0.25, 0.3) is 0 Å². The number of hydrogen-bond acceptors (Lipinski definition) is 3. The van der Waals surface area contributed by atoms with Crippen molar-refractivity contribution >= 4 is 29.2 Å². The average Bonchev–Trinajstić information content (AvgIpc) is 3.17. The van der Waals surface area contributed by atoms with Crippen molar-refractivity contribution in [1.29, 1.82) is 0 Å². The molecule has 6 heteroatoms. The first-order valence-electron chi connectivity index (χ1n) is 7.79. The van der Waals surface area contributed by atoms with E-state index in [4.69, 9.17) is 16.3 Å². The molecule has 4 rings (SSSR count). The fourth-order valence-electron chi connectivity index (χ4n) is 4.31. The molecule has 2 fully saturated rings. The lowest BCUT2D eigenvalue weighted by Crippen LogP contribution is -2.45. The Bertz CT molecular complexity index is 776. The summed E-state index contributed by atoms with van der Waals surface area (Å²) in [6.45, 7) is 3.78. The highest BCUT2D eigenvalue weighted by Gasteiger charge is 2.71. The average molecular weight is 346 g/mol. The lowest BCUT2D eigenvalue weighted by Gasteiger charge is -2.32. The van der Waals surface area contributed by atoms with Crippen LogP contribution in [0.15, 0.2) is 49.1 Å². The van der Waals surface area contributed by atoms with Gasteiger partial charge >= 0.3 is 5.97 Å². The number of hydrogen-bond donors (Lipinski definition) is 1. The molecule has 24 heavy (non-hydrogen) atoms. The Morgan fingerprint density at radius 1 is 1.50 bits per heavy atom. The number of carbonyl (C=O) groups excluding carboxylic acids is 1. The summed E-state index contributed by atoms with van der Waals surface area (Å²) in [6, 6.07) is 6.67. The zero-order chi connectivity index (χ0) is 17.1. The van der Waals surface area contributed by atoms with Crippen molar-refractivity contribution in [3.05, 3.63) is 54.1 Å². The number of ether oxygens (including phenoxy) is 1. The van der Waals surface area contributed by atoms with Gasteiger partial charge in [-0.05, 0) is 24.6 Å². The maximum atomic E-state index is 13.2. The van der Waals surface area contributed by atoms with Crippen LogP contribution in [0.5, 0.6) is 0 Å². The first-order chi connectivity index (χ1) is 11.5. The summed E-state index contributed by atoms with van der Waals surface area (Å²) in [5.41, 5.74) is -0.269. The number of carboxylic acids is 1. The minimum Gasteiger partial charge on any atom is -0.481 e. The Labute approximate surface area is 144 Å². The van der Waals surface area contributed by atoms with Gasteiger partial charge in [0.2, 0.25) is 5.91 Å². The molecule has 1 aromatic carbocycles. The van der Waals surface area contributed by atoms with Crippen molar-refractivity contribution < 1.29 is 19.4 Å². The smallest absolute Gasteiger partial charge is 0.310 e. The molecule has 1 spiro atoms. The number of halogens is 1. The van der Waals surface area contributed by atoms with Gasteiger partial charge in [-0.1, -0.05) is 35.9 Å². The Morgan fingerprint density at radius 3 is 2.96 bits per heavy atom. The Balaban J connectivity index is 1.85. The number of aliphatic carboxylic acids is 1. The fraction of sp³-hybridized carbons (Fsp3) is 0.333. The molecule has 1 amide bonds. The molecular formula is C18H16ClNO4. The molecule has 2 bridgehead atoms. The van der Waals surface area contributed by atoms with Crippen molar-refractivity contribution in [2.45, 2.75) is 24.2 Å². The summed E-state index contributed by atoms with van der Waals surface area (Å²) in [7, 11) is 0. The van der Waals surface area contributed by atoms with E-state index in [1.807, 2.05) is 6.08 Å². The third kappa shape index (κ3) is 1.85. The van der Waals surface area contributed by atoms with Gasteiger partial charge in [-0.3, -0.25) is 9.59 Å². The topological polar surface area (TPSA) is 66.8 Å². The van der Waals surface area contributed by atoms with Crippen LogP contribution in [0, 0.1) is 11.8 Å². The van der Waals surface area contributed by atoms with Crippen molar-refractivity contribution in [3.63, 3.8) is 0 Å². The van der Waals surface area contributed by atoms with Gasteiger partial charge in [0.25, 0.3) is 0 Å². The Kier molecular flexibility index (Phi) is 3.34. The van der Waals surface area contributed by atoms with Crippen LogP contribution in [-0.2, 0) is 14.3 Å². The first kappa shape index (κ1) is 15.4. The van der Waals surface area contributed by atoms with Gasteiger partial charge in [0, 0.05) is 10.7 Å². The maximum Gasteiger partial charge on any atom is 0.310 e. The van der Waals surface area contributed by atoms with Crippen LogP contribution in [0.1, 0.15) is 6.42 Å². The number of anilines is 1. The van der Waals surface area contributed by atoms with E-state index in [0.29, 0.717) is 17.1 Å². The Hall–Kier alpha value is -2.11. The van der Waals surface area contributed by atoms with E-state index < -0.39 is 29.5 Å². The van der Waals surface area contributed by atoms with E-state index in [1.165, 1.54) is 0 Å². The second kappa shape index (κ2) is 5.19. The van der Waals surface area contributed by atoms with Gasteiger partial charge in [0.1, 0.15) is 11.5 Å². The molecule has 124 valence electrons. The minimum absolute atomic E-state index is 0.233. The van der Waals surface area contributed by atoms with Gasteiger partial charge in [-0.15, -0.1) is 6.58 Å². The highest BCUT2D eigenvalue weighted by Crippen LogP contribution is 2.56. The van der Waals surface area contributed by atoms with Crippen molar-refractivity contribution in [1.82, 2.24) is 0 Å². The normalized spacial score (nSPS) is 36.2. The summed E-state index contributed by atoms with van der Waals surface area (Å²) in [5.74, 6) is -2.83. The Morgan fingerprint density at radius 2 is 2.29 bits per heavy atom. The lowest BCUT2D eigenvalue weighted by molar-refractivity contribution is -0.146. The molecule has 0 aliphatic carbocycles. The van der Waals surface area contributed by atoms with Crippen LogP contribution in [0.2, 0.25) is 5.02 Å². The van der Waals surface area contributed by atoms with E-state index in [-0.39, 0.29) is 11.9 Å². The van der Waals surface area contributed by atoms with Crippen LogP contribution >= 0.6 is 11.6 Å². The largest absolute Gasteiger partial charge is 0.481 e. The van der Waals surface area contributed by atoms with Crippen LogP contribution in [0.4, 0.5) is 5.69 Å². The molecule has 0 aromatic heterocycles. The molecule has 3 aliphatic rings. The summed E-state index contributed by atoms with van der Waals surface area (Å²) in [4.78, 5) is 26.5. The van der Waals surface area contributed by atoms with E-state index in [1.54, 1.807) is 41.3 Å². The number of rotatable bonds is 4. The summed E-state index contributed by atoms with van der Waals surface area (Å²) < 4.78 is 6.04. The van der Waals surface area contributed by atoms with Gasteiger partial charge in [0.15, 0.2) is 0 Å². The zero-order valence-corrected chi connectivity index (χ0v) is 13.5. The fourth-order valence-corrected chi connectivity index (χ4v) is 4.50. The van der Waals surface area contributed by atoms with Gasteiger partial charge in [-0.25, -0.2) is 0 Å². The number of carboxylic acid groups (broad SMARTS) is 1. The zero-order valence-electron chi connectivity index (χ0n) is 12.8. The van der Waals surface area contributed by atoms with E-state index >= 15 is 0 Å². The molecular weight excluding hydrogens is 330 g/mol. The maximum absolute atomic E-state index is 13.2. The molecule has 5 nitrogen and oxygen atoms in total. The monoisotopic (exact) mass is 345 g/mol. The highest BCUT2D eigenvalue weighted by atomic mass is 35.5. The standard InChI is InChI=1S/C18H16ClNO4/c1-2-4-13-18-8-7-12(24-18)14(17(22)23)15(18)16(21)20(13)11-6-3-5-10(19)9-11/h2-3,5-9,12-15H,1,4H2,(H,22,23)/t12-,13+,14-,15-,18-/m1/s1. The SMILES string of the molecule is C=CC[C@@H]1N(c2cccc(Cl)c2)C(=O)[C@H]2[C@H](C(=O)O)[C@H]3C=C[C@@]12O3. The highest BCUT2D eigenvalue weighted by molar-refractivity contribution is 6.31. The molecule has 3 heterocycles. The van der Waals surface area contributed by atoms with Crippen molar-refractivity contribution in [2.24, 2.45) is 11.8 Å². The molecule has 0 saturated carbocycles. The number of amides is 1. The molecule has 5 atom stereocenters. The van der Waals surface area contributed by atoms with Crippen molar-refractivity contribution in [3.8, 4) is 0 Å². The second-order valence-corrected chi connectivity index (χ2v) is 6.80. The van der Waals surface area contributed by atoms with E-state index in [9.17, 15) is 14.7 Å². The predicted molar refractivity (Wildman–Crippen MR) is 88.9 cm³/mol. The number of carbonyl (C=O) groups is 2. The summed E-state index contributed by atoms with van der Waals surface area (Å²) >= 11 is 6.07. The molecule has 0 radical (unpaired) electrons. The van der Waals surface area contributed by atoms with Crippen LogP contribution in [-0.4, -0.2) is 34.7 Å². The van der Waals surface area contributed by atoms with Crippen LogP contribution < -0.4 is 4.90 Å². The molecule has 2 saturated heterocycles.